The Labute approximate surface area is 152 Å². The fourth-order valence-electron chi connectivity index (χ4n) is 3.98. The zero-order chi connectivity index (χ0) is 18.3. The van der Waals surface area contributed by atoms with E-state index < -0.39 is 11.6 Å². The van der Waals surface area contributed by atoms with Gasteiger partial charge in [0.1, 0.15) is 11.6 Å². The zero-order valence-electron chi connectivity index (χ0n) is 14.8. The van der Waals surface area contributed by atoms with Gasteiger partial charge in [0.2, 0.25) is 5.91 Å². The first-order valence-corrected chi connectivity index (χ1v) is 9.14. The van der Waals surface area contributed by atoms with Gasteiger partial charge >= 0.3 is 0 Å². The minimum absolute atomic E-state index is 0.0247. The van der Waals surface area contributed by atoms with Crippen molar-refractivity contribution in [1.82, 2.24) is 4.90 Å². The fraction of sp³-hybridized carbons (Fsp3) is 0.381. The maximum atomic E-state index is 13.9. The van der Waals surface area contributed by atoms with Crippen molar-refractivity contribution in [2.45, 2.75) is 38.8 Å². The van der Waals surface area contributed by atoms with Crippen LogP contribution in [0.15, 0.2) is 36.4 Å². The summed E-state index contributed by atoms with van der Waals surface area (Å²) in [6, 6.07) is 9.56. The third-order valence-electron chi connectivity index (χ3n) is 5.56. The highest BCUT2D eigenvalue weighted by Gasteiger charge is 2.33. The van der Waals surface area contributed by atoms with Crippen LogP contribution in [0.5, 0.6) is 0 Å². The van der Waals surface area contributed by atoms with Crippen LogP contribution in [0.1, 0.15) is 30.0 Å². The molecule has 4 rings (SSSR count). The van der Waals surface area contributed by atoms with Crippen molar-refractivity contribution >= 4 is 11.6 Å². The molecule has 5 heteroatoms. The molecule has 0 saturated carbocycles. The number of anilines is 1. The van der Waals surface area contributed by atoms with Crippen LogP contribution in [-0.2, 0) is 24.2 Å². The van der Waals surface area contributed by atoms with Gasteiger partial charge in [-0.3, -0.25) is 9.69 Å². The van der Waals surface area contributed by atoms with Crippen LogP contribution in [0, 0.1) is 11.6 Å². The molecular weight excluding hydrogens is 334 g/mol. The van der Waals surface area contributed by atoms with Gasteiger partial charge in [-0.1, -0.05) is 12.1 Å². The molecule has 1 aliphatic carbocycles. The summed E-state index contributed by atoms with van der Waals surface area (Å²) < 4.78 is 27.0. The molecule has 0 aromatic heterocycles. The summed E-state index contributed by atoms with van der Waals surface area (Å²) in [4.78, 5) is 16.7. The topological polar surface area (TPSA) is 23.6 Å². The van der Waals surface area contributed by atoms with Crippen LogP contribution in [0.3, 0.4) is 0 Å². The second kappa shape index (κ2) is 6.80. The Kier molecular flexibility index (Phi) is 4.49. The first-order chi connectivity index (χ1) is 12.5. The second-order valence-corrected chi connectivity index (χ2v) is 7.18. The molecule has 1 amide bonds. The third-order valence-corrected chi connectivity index (χ3v) is 5.56. The van der Waals surface area contributed by atoms with Gasteiger partial charge in [0, 0.05) is 37.0 Å². The number of carbonyl (C=O) groups is 1. The lowest BCUT2D eigenvalue weighted by Gasteiger charge is -2.39. The Balaban J connectivity index is 1.50. The Bertz CT molecular complexity index is 852. The van der Waals surface area contributed by atoms with E-state index in [0.29, 0.717) is 25.2 Å². The van der Waals surface area contributed by atoms with Crippen LogP contribution in [0.2, 0.25) is 0 Å². The molecule has 1 saturated heterocycles. The molecular formula is C21H22F2N2O. The minimum Gasteiger partial charge on any atom is -0.310 e. The van der Waals surface area contributed by atoms with E-state index in [9.17, 15) is 13.6 Å². The number of fused-ring (bicyclic) bond motifs is 1. The van der Waals surface area contributed by atoms with Crippen molar-refractivity contribution < 1.29 is 13.6 Å². The summed E-state index contributed by atoms with van der Waals surface area (Å²) in [7, 11) is 0. The molecule has 1 fully saturated rings. The molecule has 1 heterocycles. The average molecular weight is 356 g/mol. The molecule has 2 aliphatic rings. The lowest BCUT2D eigenvalue weighted by molar-refractivity contribution is -0.125. The minimum atomic E-state index is -0.586. The van der Waals surface area contributed by atoms with Gasteiger partial charge in [-0.2, -0.15) is 0 Å². The van der Waals surface area contributed by atoms with Gasteiger partial charge in [-0.25, -0.2) is 8.78 Å². The molecule has 0 bridgehead atoms. The first kappa shape index (κ1) is 17.2. The standard InChI is InChI=1S/C21H22F2N2O/c1-14-21(26)25(19-8-6-15-3-2-4-16(15)11-19)10-9-24(14)13-17-5-7-18(22)12-20(17)23/h5-8,11-12,14H,2-4,9-10,13H2,1H3. The molecule has 0 spiro atoms. The van der Waals surface area contributed by atoms with Gasteiger partial charge < -0.3 is 4.90 Å². The quantitative estimate of drug-likeness (QED) is 0.837. The van der Waals surface area contributed by atoms with Crippen molar-refractivity contribution in [3.8, 4) is 0 Å². The molecule has 136 valence electrons. The number of halogens is 2. The van der Waals surface area contributed by atoms with E-state index >= 15 is 0 Å². The van der Waals surface area contributed by atoms with Crippen molar-refractivity contribution in [2.75, 3.05) is 18.0 Å². The highest BCUT2D eigenvalue weighted by atomic mass is 19.1. The average Bonchev–Trinajstić information content (AvgIpc) is 3.09. The fourth-order valence-corrected chi connectivity index (χ4v) is 3.98. The van der Waals surface area contributed by atoms with E-state index in [0.717, 1.165) is 24.6 Å². The van der Waals surface area contributed by atoms with Gasteiger partial charge in [-0.05, 0) is 55.5 Å². The summed E-state index contributed by atoms with van der Waals surface area (Å²) in [6.45, 7) is 3.38. The molecule has 26 heavy (non-hydrogen) atoms. The van der Waals surface area contributed by atoms with E-state index in [1.54, 1.807) is 0 Å². The van der Waals surface area contributed by atoms with Crippen molar-refractivity contribution in [1.29, 1.82) is 0 Å². The van der Waals surface area contributed by atoms with E-state index in [1.807, 2.05) is 22.8 Å². The van der Waals surface area contributed by atoms with Crippen LogP contribution >= 0.6 is 0 Å². The number of benzene rings is 2. The first-order valence-electron chi connectivity index (χ1n) is 9.14. The van der Waals surface area contributed by atoms with E-state index in [1.165, 1.54) is 29.7 Å². The Morgan fingerprint density at radius 1 is 1.04 bits per heavy atom. The molecule has 2 aromatic carbocycles. The Morgan fingerprint density at radius 2 is 1.85 bits per heavy atom. The van der Waals surface area contributed by atoms with Crippen molar-refractivity contribution in [3.63, 3.8) is 0 Å². The van der Waals surface area contributed by atoms with Crippen LogP contribution in [0.4, 0.5) is 14.5 Å². The van der Waals surface area contributed by atoms with Crippen LogP contribution in [0.25, 0.3) is 0 Å². The van der Waals surface area contributed by atoms with E-state index in [2.05, 4.69) is 12.1 Å². The maximum Gasteiger partial charge on any atom is 0.244 e. The van der Waals surface area contributed by atoms with Gasteiger partial charge in [-0.15, -0.1) is 0 Å². The highest BCUT2D eigenvalue weighted by Crippen LogP contribution is 2.29. The maximum absolute atomic E-state index is 13.9. The molecule has 3 nitrogen and oxygen atoms in total. The van der Waals surface area contributed by atoms with Gasteiger partial charge in [0.05, 0.1) is 6.04 Å². The number of carbonyl (C=O) groups excluding carboxylic acids is 1. The van der Waals surface area contributed by atoms with Crippen molar-refractivity contribution in [2.24, 2.45) is 0 Å². The molecule has 0 radical (unpaired) electrons. The number of aryl methyl sites for hydroxylation is 2. The predicted molar refractivity (Wildman–Crippen MR) is 97.1 cm³/mol. The largest absolute Gasteiger partial charge is 0.310 e. The van der Waals surface area contributed by atoms with Crippen molar-refractivity contribution in [3.05, 3.63) is 64.7 Å². The number of amides is 1. The monoisotopic (exact) mass is 356 g/mol. The number of rotatable bonds is 3. The molecule has 1 unspecified atom stereocenters. The normalized spacial score (nSPS) is 20.5. The van der Waals surface area contributed by atoms with Gasteiger partial charge in [0.25, 0.3) is 0 Å². The Hall–Kier alpha value is -2.27. The molecule has 2 aromatic rings. The number of nitrogens with zero attached hydrogens (tertiary/aromatic N) is 2. The number of hydrogen-bond acceptors (Lipinski definition) is 2. The summed E-state index contributed by atoms with van der Waals surface area (Å²) in [5, 5.41) is 0. The smallest absolute Gasteiger partial charge is 0.244 e. The SMILES string of the molecule is CC1C(=O)N(c2ccc3c(c2)CCC3)CCN1Cc1ccc(F)cc1F. The molecule has 1 atom stereocenters. The predicted octanol–water partition coefficient (Wildman–Crippen LogP) is 3.69. The van der Waals surface area contributed by atoms with E-state index in [-0.39, 0.29) is 11.9 Å². The highest BCUT2D eigenvalue weighted by molar-refractivity contribution is 5.97. The Morgan fingerprint density at radius 3 is 2.65 bits per heavy atom. The summed E-state index contributed by atoms with van der Waals surface area (Å²) in [5.74, 6) is -1.13. The van der Waals surface area contributed by atoms with Crippen LogP contribution < -0.4 is 4.90 Å². The summed E-state index contributed by atoms with van der Waals surface area (Å²) >= 11 is 0. The molecule has 0 N–H and O–H groups in total. The lowest BCUT2D eigenvalue weighted by atomic mass is 10.1. The van der Waals surface area contributed by atoms with Gasteiger partial charge in [0.15, 0.2) is 0 Å². The second-order valence-electron chi connectivity index (χ2n) is 7.18. The number of hydrogen-bond donors (Lipinski definition) is 0. The summed E-state index contributed by atoms with van der Waals surface area (Å²) in [6.07, 6.45) is 3.38. The summed E-state index contributed by atoms with van der Waals surface area (Å²) in [5.41, 5.74) is 4.10. The molecule has 1 aliphatic heterocycles. The van der Waals surface area contributed by atoms with E-state index in [4.69, 9.17) is 0 Å². The van der Waals surface area contributed by atoms with Crippen LogP contribution in [-0.4, -0.2) is 29.9 Å². The lowest BCUT2D eigenvalue weighted by Crippen LogP contribution is -2.55. The number of piperazine rings is 1. The zero-order valence-corrected chi connectivity index (χ0v) is 14.8. The third kappa shape index (κ3) is 3.12.